The third-order valence-corrected chi connectivity index (χ3v) is 4.87. The average molecular weight is 295 g/mol. The second kappa shape index (κ2) is 5.86. The minimum atomic E-state index is 0.571. The van der Waals surface area contributed by atoms with Crippen LogP contribution in [0.1, 0.15) is 38.4 Å². The third kappa shape index (κ3) is 2.77. The molecule has 2 unspecified atom stereocenters. The first-order valence-corrected chi connectivity index (χ1v) is 8.05. The number of aromatic nitrogens is 2. The van der Waals surface area contributed by atoms with E-state index in [0.717, 1.165) is 43.6 Å². The van der Waals surface area contributed by atoms with Gasteiger partial charge in [-0.2, -0.15) is 0 Å². The predicted octanol–water partition coefficient (Wildman–Crippen LogP) is 2.76. The minimum absolute atomic E-state index is 0.571. The Balaban J connectivity index is 1.82. The number of rotatable bonds is 3. The van der Waals surface area contributed by atoms with Crippen LogP contribution in [0.4, 0.5) is 5.82 Å². The molecule has 5 heteroatoms. The quantitative estimate of drug-likeness (QED) is 0.803. The van der Waals surface area contributed by atoms with Crippen molar-refractivity contribution in [3.8, 4) is 0 Å². The topological polar surface area (TPSA) is 32.3 Å². The van der Waals surface area contributed by atoms with Crippen LogP contribution in [-0.4, -0.2) is 47.1 Å². The highest BCUT2D eigenvalue weighted by Crippen LogP contribution is 2.30. The van der Waals surface area contributed by atoms with Crippen LogP contribution < -0.4 is 4.90 Å². The number of hydrogen-bond donors (Lipinski definition) is 0. The van der Waals surface area contributed by atoms with Crippen LogP contribution in [0.3, 0.4) is 0 Å². The van der Waals surface area contributed by atoms with Gasteiger partial charge in [0, 0.05) is 37.7 Å². The number of likely N-dealkylation sites (N-methyl/N-ethyl adjacent to an activating group) is 1. The highest BCUT2D eigenvalue weighted by Gasteiger charge is 2.35. The Morgan fingerprint density at radius 2 is 2.05 bits per heavy atom. The Labute approximate surface area is 126 Å². The molecule has 2 saturated heterocycles. The molecular formula is C15H23ClN4. The van der Waals surface area contributed by atoms with Crippen LogP contribution in [0, 0.1) is 0 Å². The van der Waals surface area contributed by atoms with Gasteiger partial charge in [-0.05, 0) is 32.7 Å². The van der Waals surface area contributed by atoms with Crippen LogP contribution in [-0.2, 0) is 6.42 Å². The van der Waals surface area contributed by atoms with Gasteiger partial charge >= 0.3 is 0 Å². The number of anilines is 1. The highest BCUT2D eigenvalue weighted by atomic mass is 35.5. The Hall–Kier alpha value is -0.870. The number of nitrogens with zero attached hydrogens (tertiary/aromatic N) is 4. The zero-order chi connectivity index (χ0) is 14.1. The van der Waals surface area contributed by atoms with Crippen LogP contribution >= 0.6 is 11.6 Å². The summed E-state index contributed by atoms with van der Waals surface area (Å²) in [4.78, 5) is 14.0. The van der Waals surface area contributed by atoms with Crippen molar-refractivity contribution in [2.45, 2.75) is 51.1 Å². The monoisotopic (exact) mass is 294 g/mol. The molecule has 1 aromatic rings. The maximum atomic E-state index is 6.17. The van der Waals surface area contributed by atoms with Crippen molar-refractivity contribution >= 4 is 17.4 Å². The fourth-order valence-corrected chi connectivity index (χ4v) is 3.66. The molecule has 0 N–H and O–H groups in total. The summed E-state index contributed by atoms with van der Waals surface area (Å²) in [5, 5.41) is 0.571. The van der Waals surface area contributed by atoms with E-state index < -0.39 is 0 Å². The molecule has 0 saturated carbocycles. The molecule has 20 heavy (non-hydrogen) atoms. The summed E-state index contributed by atoms with van der Waals surface area (Å²) in [5.41, 5.74) is 0. The zero-order valence-electron chi connectivity index (χ0n) is 12.3. The molecule has 0 radical (unpaired) electrons. The van der Waals surface area contributed by atoms with E-state index in [2.05, 4.69) is 28.8 Å². The van der Waals surface area contributed by atoms with Crippen LogP contribution in [0.2, 0.25) is 5.15 Å². The van der Waals surface area contributed by atoms with Crippen molar-refractivity contribution < 1.29 is 0 Å². The Kier molecular flexibility index (Phi) is 4.13. The molecule has 1 aromatic heterocycles. The van der Waals surface area contributed by atoms with Gasteiger partial charge in [-0.15, -0.1) is 0 Å². The van der Waals surface area contributed by atoms with Crippen molar-refractivity contribution in [2.24, 2.45) is 0 Å². The van der Waals surface area contributed by atoms with Crippen molar-refractivity contribution in [3.05, 3.63) is 17.0 Å². The molecule has 0 spiro atoms. The summed E-state index contributed by atoms with van der Waals surface area (Å²) in [5.74, 6) is 1.88. The molecule has 0 aromatic carbocycles. The van der Waals surface area contributed by atoms with E-state index in [-0.39, 0.29) is 0 Å². The molecule has 4 nitrogen and oxygen atoms in total. The molecule has 110 valence electrons. The summed E-state index contributed by atoms with van der Waals surface area (Å²) < 4.78 is 0. The van der Waals surface area contributed by atoms with Gasteiger partial charge in [0.15, 0.2) is 0 Å². The van der Waals surface area contributed by atoms with Crippen LogP contribution in [0.15, 0.2) is 6.07 Å². The van der Waals surface area contributed by atoms with Gasteiger partial charge in [0.2, 0.25) is 0 Å². The lowest BCUT2D eigenvalue weighted by Crippen LogP contribution is -2.37. The van der Waals surface area contributed by atoms with Crippen molar-refractivity contribution in [1.82, 2.24) is 14.9 Å². The molecule has 2 aliphatic rings. The van der Waals surface area contributed by atoms with Crippen molar-refractivity contribution in [3.63, 3.8) is 0 Å². The summed E-state index contributed by atoms with van der Waals surface area (Å²) in [6, 6.07) is 3.32. The van der Waals surface area contributed by atoms with Gasteiger partial charge in [0.1, 0.15) is 16.8 Å². The summed E-state index contributed by atoms with van der Waals surface area (Å²) >= 11 is 6.17. The molecule has 3 heterocycles. The van der Waals surface area contributed by atoms with Gasteiger partial charge in [-0.25, -0.2) is 9.97 Å². The first kappa shape index (κ1) is 14.1. The normalized spacial score (nSPS) is 26.9. The number of hydrogen-bond acceptors (Lipinski definition) is 4. The maximum Gasteiger partial charge on any atom is 0.134 e. The predicted molar refractivity (Wildman–Crippen MR) is 82.4 cm³/mol. The standard InChI is InChI=1S/C15H23ClN4/c1-3-4-14-17-13(16)9-15(18-14)20-8-7-11-5-6-12(10-20)19(11)2/h9,11-12H,3-8,10H2,1-2H3. The van der Waals surface area contributed by atoms with Crippen molar-refractivity contribution in [1.29, 1.82) is 0 Å². The second-order valence-corrected chi connectivity index (χ2v) is 6.39. The first-order valence-electron chi connectivity index (χ1n) is 7.67. The fourth-order valence-electron chi connectivity index (χ4n) is 3.47. The summed E-state index contributed by atoms with van der Waals surface area (Å²) in [6.07, 6.45) is 5.82. The first-order chi connectivity index (χ1) is 9.67. The lowest BCUT2D eigenvalue weighted by atomic mass is 10.1. The fraction of sp³-hybridized carbons (Fsp3) is 0.733. The van der Waals surface area contributed by atoms with Gasteiger partial charge in [-0.3, -0.25) is 4.90 Å². The van der Waals surface area contributed by atoms with Gasteiger partial charge in [0.05, 0.1) is 0 Å². The molecule has 2 atom stereocenters. The number of fused-ring (bicyclic) bond motifs is 2. The van der Waals surface area contributed by atoms with E-state index in [0.29, 0.717) is 11.2 Å². The zero-order valence-corrected chi connectivity index (χ0v) is 13.1. The Morgan fingerprint density at radius 3 is 2.85 bits per heavy atom. The molecule has 2 bridgehead atoms. The minimum Gasteiger partial charge on any atom is -0.355 e. The van der Waals surface area contributed by atoms with E-state index in [1.54, 1.807) is 0 Å². The third-order valence-electron chi connectivity index (χ3n) is 4.67. The molecule has 0 amide bonds. The highest BCUT2D eigenvalue weighted by molar-refractivity contribution is 6.29. The van der Waals surface area contributed by atoms with E-state index in [9.17, 15) is 0 Å². The Bertz CT molecular complexity index is 479. The van der Waals surface area contributed by atoms with E-state index in [4.69, 9.17) is 16.6 Å². The molecule has 3 rings (SSSR count). The smallest absolute Gasteiger partial charge is 0.134 e. The molecule has 2 aliphatic heterocycles. The summed E-state index contributed by atoms with van der Waals surface area (Å²) in [7, 11) is 2.27. The largest absolute Gasteiger partial charge is 0.355 e. The maximum absolute atomic E-state index is 6.17. The SMILES string of the molecule is CCCc1nc(Cl)cc(N2CCC3CCC(C2)N3C)n1. The van der Waals surface area contributed by atoms with Crippen molar-refractivity contribution in [2.75, 3.05) is 25.0 Å². The number of halogens is 1. The van der Waals surface area contributed by atoms with E-state index >= 15 is 0 Å². The van der Waals surface area contributed by atoms with Gasteiger partial charge < -0.3 is 4.90 Å². The van der Waals surface area contributed by atoms with Crippen LogP contribution in [0.25, 0.3) is 0 Å². The molecule has 2 fully saturated rings. The van der Waals surface area contributed by atoms with Crippen LogP contribution in [0.5, 0.6) is 0 Å². The molecular weight excluding hydrogens is 272 g/mol. The van der Waals surface area contributed by atoms with Gasteiger partial charge in [0.25, 0.3) is 0 Å². The second-order valence-electron chi connectivity index (χ2n) is 6.00. The average Bonchev–Trinajstić information content (AvgIpc) is 2.62. The molecule has 0 aliphatic carbocycles. The lowest BCUT2D eigenvalue weighted by Gasteiger charge is -2.27. The van der Waals surface area contributed by atoms with E-state index in [1.165, 1.54) is 19.3 Å². The number of aryl methyl sites for hydroxylation is 1. The lowest BCUT2D eigenvalue weighted by molar-refractivity contribution is 0.254. The van der Waals surface area contributed by atoms with E-state index in [1.807, 2.05) is 6.07 Å². The van der Waals surface area contributed by atoms with Gasteiger partial charge in [-0.1, -0.05) is 18.5 Å². The Morgan fingerprint density at radius 1 is 1.25 bits per heavy atom. The summed E-state index contributed by atoms with van der Waals surface area (Å²) in [6.45, 7) is 4.28.